The van der Waals surface area contributed by atoms with Gasteiger partial charge >= 0.3 is 0 Å². The fourth-order valence-electron chi connectivity index (χ4n) is 1.91. The minimum absolute atomic E-state index is 0.0287. The lowest BCUT2D eigenvalue weighted by Crippen LogP contribution is -2.51. The molecule has 0 bridgehead atoms. The lowest BCUT2D eigenvalue weighted by molar-refractivity contribution is -0.127. The van der Waals surface area contributed by atoms with Gasteiger partial charge in [0, 0.05) is 44.2 Å². The fourth-order valence-corrected chi connectivity index (χ4v) is 3.02. The van der Waals surface area contributed by atoms with Gasteiger partial charge in [0.1, 0.15) is 6.54 Å². The van der Waals surface area contributed by atoms with E-state index in [4.69, 9.17) is 0 Å². The summed E-state index contributed by atoms with van der Waals surface area (Å²) in [6.45, 7) is 9.51. The summed E-state index contributed by atoms with van der Waals surface area (Å²) in [6.07, 6.45) is 0. The third-order valence-electron chi connectivity index (χ3n) is 2.92. The first-order valence-corrected chi connectivity index (χ1v) is 7.71. The number of guanidine groups is 1. The SMILES string of the molecule is CCNC(=NCC(=O)N(C)C)N1CCSC(C)(C)C1. The van der Waals surface area contributed by atoms with Gasteiger partial charge < -0.3 is 15.1 Å². The second-order valence-electron chi connectivity index (χ2n) is 5.49. The Morgan fingerprint density at radius 1 is 1.47 bits per heavy atom. The van der Waals surface area contributed by atoms with Crippen molar-refractivity contribution in [1.29, 1.82) is 0 Å². The van der Waals surface area contributed by atoms with Crippen LogP contribution < -0.4 is 5.32 Å². The monoisotopic (exact) mass is 286 g/mol. The molecular weight excluding hydrogens is 260 g/mol. The Morgan fingerprint density at radius 2 is 2.16 bits per heavy atom. The van der Waals surface area contributed by atoms with Gasteiger partial charge in [0.25, 0.3) is 0 Å². The molecule has 1 saturated heterocycles. The molecular formula is C13H26N4OS. The Bertz CT molecular complexity index is 342. The summed E-state index contributed by atoms with van der Waals surface area (Å²) < 4.78 is 0.236. The fraction of sp³-hybridized carbons (Fsp3) is 0.846. The topological polar surface area (TPSA) is 47.9 Å². The molecule has 0 aromatic heterocycles. The first kappa shape index (κ1) is 16.1. The van der Waals surface area contributed by atoms with E-state index in [2.05, 4.69) is 29.1 Å². The molecule has 0 spiro atoms. The van der Waals surface area contributed by atoms with E-state index in [0.29, 0.717) is 0 Å². The lowest BCUT2D eigenvalue weighted by Gasteiger charge is -2.39. The van der Waals surface area contributed by atoms with Gasteiger partial charge in [-0.3, -0.25) is 4.79 Å². The van der Waals surface area contributed by atoms with Crippen LogP contribution in [0.2, 0.25) is 0 Å². The number of likely N-dealkylation sites (N-methyl/N-ethyl adjacent to an activating group) is 1. The molecule has 0 radical (unpaired) electrons. The van der Waals surface area contributed by atoms with Gasteiger partial charge in [-0.15, -0.1) is 0 Å². The first-order chi connectivity index (χ1) is 8.85. The average Bonchev–Trinajstić information content (AvgIpc) is 2.32. The average molecular weight is 286 g/mol. The number of aliphatic imine (C=N–C) groups is 1. The molecule has 19 heavy (non-hydrogen) atoms. The zero-order valence-electron chi connectivity index (χ0n) is 12.7. The highest BCUT2D eigenvalue weighted by Crippen LogP contribution is 2.29. The van der Waals surface area contributed by atoms with Crippen LogP contribution in [0.1, 0.15) is 20.8 Å². The maximum atomic E-state index is 11.6. The van der Waals surface area contributed by atoms with E-state index in [-0.39, 0.29) is 17.2 Å². The number of amides is 1. The number of nitrogens with zero attached hydrogens (tertiary/aromatic N) is 3. The van der Waals surface area contributed by atoms with Crippen LogP contribution in [0.3, 0.4) is 0 Å². The predicted molar refractivity (Wildman–Crippen MR) is 82.8 cm³/mol. The summed E-state index contributed by atoms with van der Waals surface area (Å²) >= 11 is 1.99. The van der Waals surface area contributed by atoms with Crippen molar-refractivity contribution in [2.45, 2.75) is 25.5 Å². The molecule has 1 amide bonds. The van der Waals surface area contributed by atoms with E-state index in [9.17, 15) is 4.79 Å². The molecule has 1 aliphatic rings. The van der Waals surface area contributed by atoms with E-state index in [0.717, 1.165) is 31.3 Å². The molecule has 5 nitrogen and oxygen atoms in total. The summed E-state index contributed by atoms with van der Waals surface area (Å²) in [6, 6.07) is 0. The Labute approximate surface area is 120 Å². The van der Waals surface area contributed by atoms with Gasteiger partial charge in [-0.25, -0.2) is 4.99 Å². The quantitative estimate of drug-likeness (QED) is 0.618. The largest absolute Gasteiger partial charge is 0.357 e. The zero-order chi connectivity index (χ0) is 14.5. The summed E-state index contributed by atoms with van der Waals surface area (Å²) in [4.78, 5) is 19.9. The van der Waals surface area contributed by atoms with Crippen LogP contribution in [0.5, 0.6) is 0 Å². The summed E-state index contributed by atoms with van der Waals surface area (Å²) in [5.74, 6) is 1.98. The summed E-state index contributed by atoms with van der Waals surface area (Å²) in [5, 5.41) is 3.28. The molecule has 1 aliphatic heterocycles. The molecule has 110 valence electrons. The Hall–Kier alpha value is -0.910. The van der Waals surface area contributed by atoms with Crippen LogP contribution in [0.4, 0.5) is 0 Å². The van der Waals surface area contributed by atoms with Crippen LogP contribution in [-0.4, -0.2) is 72.4 Å². The Kier molecular flexibility index (Phi) is 5.97. The molecule has 1 heterocycles. The van der Waals surface area contributed by atoms with E-state index in [1.54, 1.807) is 19.0 Å². The molecule has 0 atom stereocenters. The van der Waals surface area contributed by atoms with Crippen LogP contribution >= 0.6 is 11.8 Å². The first-order valence-electron chi connectivity index (χ1n) is 6.73. The molecule has 1 rings (SSSR count). The molecule has 0 unspecified atom stereocenters. The van der Waals surface area contributed by atoms with Gasteiger partial charge in [0.15, 0.2) is 5.96 Å². The molecule has 6 heteroatoms. The second-order valence-corrected chi connectivity index (χ2v) is 7.29. The van der Waals surface area contributed by atoms with E-state index in [1.807, 2.05) is 18.7 Å². The Morgan fingerprint density at radius 3 is 2.68 bits per heavy atom. The van der Waals surface area contributed by atoms with Crippen molar-refractivity contribution in [2.24, 2.45) is 4.99 Å². The van der Waals surface area contributed by atoms with Crippen molar-refractivity contribution >= 4 is 23.6 Å². The zero-order valence-corrected chi connectivity index (χ0v) is 13.5. The van der Waals surface area contributed by atoms with Gasteiger partial charge in [-0.1, -0.05) is 0 Å². The highest BCUT2D eigenvalue weighted by Gasteiger charge is 2.28. The third kappa shape index (κ3) is 5.30. The number of rotatable bonds is 3. The highest BCUT2D eigenvalue weighted by atomic mass is 32.2. The van der Waals surface area contributed by atoms with Gasteiger partial charge in [0.05, 0.1) is 0 Å². The normalized spacial score (nSPS) is 19.2. The van der Waals surface area contributed by atoms with Gasteiger partial charge in [-0.05, 0) is 20.8 Å². The molecule has 0 aromatic rings. The van der Waals surface area contributed by atoms with E-state index < -0.39 is 0 Å². The molecule has 0 aromatic carbocycles. The number of hydrogen-bond acceptors (Lipinski definition) is 3. The minimum atomic E-state index is 0.0287. The van der Waals surface area contributed by atoms with Crippen LogP contribution in [-0.2, 0) is 4.79 Å². The Balaban J connectivity index is 2.70. The summed E-state index contributed by atoms with van der Waals surface area (Å²) in [7, 11) is 3.51. The number of hydrogen-bond donors (Lipinski definition) is 1. The predicted octanol–water partition coefficient (Wildman–Crippen LogP) is 0.868. The van der Waals surface area contributed by atoms with Crippen molar-refractivity contribution in [3.8, 4) is 0 Å². The van der Waals surface area contributed by atoms with Crippen molar-refractivity contribution < 1.29 is 4.79 Å². The van der Waals surface area contributed by atoms with Crippen molar-refractivity contribution in [1.82, 2.24) is 15.1 Å². The third-order valence-corrected chi connectivity index (χ3v) is 4.22. The van der Waals surface area contributed by atoms with Crippen molar-refractivity contribution in [3.05, 3.63) is 0 Å². The highest BCUT2D eigenvalue weighted by molar-refractivity contribution is 8.00. The van der Waals surface area contributed by atoms with E-state index in [1.165, 1.54) is 0 Å². The van der Waals surface area contributed by atoms with Crippen LogP contribution in [0.25, 0.3) is 0 Å². The van der Waals surface area contributed by atoms with Crippen molar-refractivity contribution in [2.75, 3.05) is 46.0 Å². The number of thioether (sulfide) groups is 1. The smallest absolute Gasteiger partial charge is 0.243 e. The number of nitrogens with one attached hydrogen (secondary N) is 1. The van der Waals surface area contributed by atoms with Crippen LogP contribution in [0.15, 0.2) is 4.99 Å². The second kappa shape index (κ2) is 7.03. The maximum absolute atomic E-state index is 11.6. The molecule has 0 saturated carbocycles. The molecule has 0 aliphatic carbocycles. The maximum Gasteiger partial charge on any atom is 0.243 e. The molecule has 1 N–H and O–H groups in total. The van der Waals surface area contributed by atoms with Gasteiger partial charge in [-0.2, -0.15) is 11.8 Å². The summed E-state index contributed by atoms with van der Waals surface area (Å²) in [5.41, 5.74) is 0. The van der Waals surface area contributed by atoms with E-state index >= 15 is 0 Å². The number of carbonyl (C=O) groups excluding carboxylic acids is 1. The molecule has 1 fully saturated rings. The standard InChI is InChI=1S/C13H26N4OS/c1-6-14-12(15-9-11(18)16(4)5)17-7-8-19-13(2,3)10-17/h6-10H2,1-5H3,(H,14,15). The van der Waals surface area contributed by atoms with Crippen LogP contribution in [0, 0.1) is 0 Å². The van der Waals surface area contributed by atoms with Crippen molar-refractivity contribution in [3.63, 3.8) is 0 Å². The minimum Gasteiger partial charge on any atom is -0.357 e. The van der Waals surface area contributed by atoms with Gasteiger partial charge in [0.2, 0.25) is 5.91 Å². The number of carbonyl (C=O) groups is 1. The lowest BCUT2D eigenvalue weighted by atomic mass is 10.2.